The van der Waals surface area contributed by atoms with Gasteiger partial charge in [-0.2, -0.15) is 0 Å². The van der Waals surface area contributed by atoms with Crippen LogP contribution in [0.25, 0.3) is 0 Å². The van der Waals surface area contributed by atoms with Gasteiger partial charge in [0.2, 0.25) is 5.78 Å². The number of fused-ring (bicyclic) bond motifs is 4. The molecule has 5 rings (SSSR count). The predicted octanol–water partition coefficient (Wildman–Crippen LogP) is 4.36. The minimum Gasteiger partial charge on any atom is -0.511 e. The zero-order valence-electron chi connectivity index (χ0n) is 24.4. The number of allylic oxidation sites excluding steroid dienone is 3. The van der Waals surface area contributed by atoms with Crippen molar-refractivity contribution in [3.63, 3.8) is 0 Å². The molecule has 4 N–H and O–H groups in total. The standard InChI is InChI=1S/C33H44O7/c1-16-7-10-25(35)17(2)12-22-13-21(15-34)20(5)14-33(22)30(38)26(31(39)40-33)29(37)32(6)24(16)9-8-23-27(32)18(3)11-19(4)28(23)36/h7-9,12-13,18-20,22-25,27-28,34-37H,10-11,14-15H2,1-6H3/b16-7-,17-12-,29-26?/t18-,19-,20+,22+,23-,24-,25-,27+,28-,32+,33-/m0/s1. The number of aliphatic hydroxyl groups is 4. The molecule has 1 aliphatic heterocycles. The van der Waals surface area contributed by atoms with Crippen molar-refractivity contribution in [1.29, 1.82) is 0 Å². The summed E-state index contributed by atoms with van der Waals surface area (Å²) < 4.78 is 6.00. The first-order valence-corrected chi connectivity index (χ1v) is 14.7. The highest BCUT2D eigenvalue weighted by Crippen LogP contribution is 2.60. The molecule has 2 bridgehead atoms. The number of carbonyl (C=O) groups is 2. The Morgan fingerprint density at radius 2 is 1.73 bits per heavy atom. The lowest BCUT2D eigenvalue weighted by molar-refractivity contribution is -0.156. The van der Waals surface area contributed by atoms with E-state index >= 15 is 0 Å². The molecule has 11 atom stereocenters. The maximum absolute atomic E-state index is 14.4. The molecule has 0 aromatic rings. The zero-order chi connectivity index (χ0) is 29.3. The van der Waals surface area contributed by atoms with Crippen LogP contribution in [0.5, 0.6) is 0 Å². The number of Topliss-reactive ketones (excluding diaryl/α,β-unsaturated/α-hetero) is 1. The lowest BCUT2D eigenvalue weighted by Gasteiger charge is -2.55. The summed E-state index contributed by atoms with van der Waals surface area (Å²) in [6.07, 6.45) is 9.38. The zero-order valence-corrected chi connectivity index (χ0v) is 24.4. The third kappa shape index (κ3) is 4.11. The monoisotopic (exact) mass is 552 g/mol. The molecule has 2 fully saturated rings. The van der Waals surface area contributed by atoms with Gasteiger partial charge in [-0.15, -0.1) is 0 Å². The Kier molecular flexibility index (Phi) is 7.33. The van der Waals surface area contributed by atoms with E-state index in [1.165, 1.54) is 0 Å². The SMILES string of the molecule is C/C1=C/[C@@H]2C=C(CO)[C@H](C)C[C@]23OC(=O)C(=C(O)[C@@]2(C)[C@H]4[C@H](C=C[C@H]2/C(C)=C\C[C@@H]1O)[C@@H](O)[C@@H](C)C[C@@H]4C)C3=O. The smallest absolute Gasteiger partial charge is 0.346 e. The van der Waals surface area contributed by atoms with Gasteiger partial charge in [0.1, 0.15) is 11.3 Å². The first-order chi connectivity index (χ1) is 18.8. The summed E-state index contributed by atoms with van der Waals surface area (Å²) in [5.41, 5.74) is -0.652. The quantitative estimate of drug-likeness (QED) is 0.217. The second kappa shape index (κ2) is 10.1. The fourth-order valence-corrected chi connectivity index (χ4v) is 8.69. The van der Waals surface area contributed by atoms with Crippen LogP contribution in [0, 0.1) is 46.8 Å². The molecule has 0 aromatic heterocycles. The fourth-order valence-electron chi connectivity index (χ4n) is 8.69. The van der Waals surface area contributed by atoms with Crippen molar-refractivity contribution in [3.8, 4) is 0 Å². The third-order valence-corrected chi connectivity index (χ3v) is 10.9. The van der Waals surface area contributed by atoms with Crippen molar-refractivity contribution in [2.24, 2.45) is 46.8 Å². The largest absolute Gasteiger partial charge is 0.511 e. The van der Waals surface area contributed by atoms with E-state index in [0.29, 0.717) is 12.0 Å². The van der Waals surface area contributed by atoms with E-state index in [1.54, 1.807) is 19.1 Å². The molecule has 1 spiro atoms. The molecule has 0 unspecified atom stereocenters. The van der Waals surface area contributed by atoms with Crippen LogP contribution in [0.3, 0.4) is 0 Å². The lowest BCUT2D eigenvalue weighted by Crippen LogP contribution is -2.54. The molecule has 5 aliphatic rings. The molecule has 40 heavy (non-hydrogen) atoms. The summed E-state index contributed by atoms with van der Waals surface area (Å²) in [5, 5.41) is 44.6. The topological polar surface area (TPSA) is 124 Å². The van der Waals surface area contributed by atoms with Gasteiger partial charge >= 0.3 is 5.97 Å². The van der Waals surface area contributed by atoms with Gasteiger partial charge < -0.3 is 25.2 Å². The number of ether oxygens (including phenoxy) is 1. The summed E-state index contributed by atoms with van der Waals surface area (Å²) >= 11 is 0. The van der Waals surface area contributed by atoms with Crippen LogP contribution in [0.15, 0.2) is 58.4 Å². The highest BCUT2D eigenvalue weighted by molar-refractivity contribution is 6.26. The molecule has 218 valence electrons. The number of hydrogen-bond acceptors (Lipinski definition) is 7. The highest BCUT2D eigenvalue weighted by Gasteiger charge is 2.63. The van der Waals surface area contributed by atoms with Crippen LogP contribution in [-0.2, 0) is 14.3 Å². The molecule has 0 radical (unpaired) electrons. The van der Waals surface area contributed by atoms with Gasteiger partial charge in [-0.3, -0.25) is 4.79 Å². The van der Waals surface area contributed by atoms with Crippen molar-refractivity contribution in [2.75, 3.05) is 6.61 Å². The van der Waals surface area contributed by atoms with Crippen LogP contribution in [0.2, 0.25) is 0 Å². The molecule has 7 nitrogen and oxygen atoms in total. The Labute approximate surface area is 237 Å². The predicted molar refractivity (Wildman–Crippen MR) is 151 cm³/mol. The molecule has 4 aliphatic carbocycles. The van der Waals surface area contributed by atoms with Gasteiger partial charge in [-0.1, -0.05) is 63.6 Å². The molecular formula is C33H44O7. The first-order valence-electron chi connectivity index (χ1n) is 14.7. The average molecular weight is 553 g/mol. The molecule has 0 amide bonds. The maximum atomic E-state index is 14.4. The number of ketones is 1. The van der Waals surface area contributed by atoms with E-state index in [4.69, 9.17) is 4.74 Å². The van der Waals surface area contributed by atoms with Gasteiger partial charge in [0.15, 0.2) is 5.60 Å². The van der Waals surface area contributed by atoms with Gasteiger partial charge in [0, 0.05) is 29.6 Å². The fraction of sp³-hybridized carbons (Fsp3) is 0.636. The summed E-state index contributed by atoms with van der Waals surface area (Å²) in [4.78, 5) is 28.1. The van der Waals surface area contributed by atoms with Crippen molar-refractivity contribution in [2.45, 2.75) is 78.6 Å². The van der Waals surface area contributed by atoms with Crippen molar-refractivity contribution in [1.82, 2.24) is 0 Å². The minimum atomic E-state index is -1.57. The van der Waals surface area contributed by atoms with E-state index in [9.17, 15) is 30.0 Å². The lowest BCUT2D eigenvalue weighted by atomic mass is 9.49. The van der Waals surface area contributed by atoms with E-state index < -0.39 is 40.9 Å². The number of rotatable bonds is 1. The van der Waals surface area contributed by atoms with Crippen molar-refractivity contribution < 1.29 is 34.8 Å². The Morgan fingerprint density at radius 1 is 1.02 bits per heavy atom. The van der Waals surface area contributed by atoms with Crippen molar-refractivity contribution in [3.05, 3.63) is 58.4 Å². The van der Waals surface area contributed by atoms with Crippen molar-refractivity contribution >= 4 is 11.8 Å². The highest BCUT2D eigenvalue weighted by atomic mass is 16.6. The van der Waals surface area contributed by atoms with Gasteiger partial charge in [0.05, 0.1) is 18.8 Å². The van der Waals surface area contributed by atoms with Crippen LogP contribution in [0.1, 0.15) is 60.8 Å². The third-order valence-electron chi connectivity index (χ3n) is 10.9. The van der Waals surface area contributed by atoms with E-state index in [2.05, 4.69) is 6.92 Å². The van der Waals surface area contributed by atoms with Gasteiger partial charge in [-0.25, -0.2) is 4.79 Å². The average Bonchev–Trinajstić information content (AvgIpc) is 3.14. The molecule has 1 saturated heterocycles. The second-order valence-electron chi connectivity index (χ2n) is 13.4. The normalized spacial score (nSPS) is 48.1. The number of aliphatic hydroxyl groups excluding tert-OH is 4. The Bertz CT molecular complexity index is 1250. The first kappa shape index (κ1) is 29.0. The molecule has 0 aromatic carbocycles. The number of carbonyl (C=O) groups excluding carboxylic acids is 2. The minimum absolute atomic E-state index is 0.0739. The van der Waals surface area contributed by atoms with Gasteiger partial charge in [0.25, 0.3) is 0 Å². The number of esters is 1. The molecular weight excluding hydrogens is 508 g/mol. The summed E-state index contributed by atoms with van der Waals surface area (Å²) in [6, 6.07) is 0. The Morgan fingerprint density at radius 3 is 2.40 bits per heavy atom. The molecule has 1 heterocycles. The second-order valence-corrected chi connectivity index (χ2v) is 13.4. The van der Waals surface area contributed by atoms with Gasteiger partial charge in [-0.05, 0) is 61.5 Å². The molecule has 1 saturated carbocycles. The molecule has 7 heteroatoms. The van der Waals surface area contributed by atoms with E-state index in [0.717, 1.165) is 17.6 Å². The van der Waals surface area contributed by atoms with Crippen LogP contribution in [0.4, 0.5) is 0 Å². The van der Waals surface area contributed by atoms with Crippen LogP contribution >= 0.6 is 0 Å². The Balaban J connectivity index is 1.78. The summed E-state index contributed by atoms with van der Waals surface area (Å²) in [5.74, 6) is -3.26. The van der Waals surface area contributed by atoms with E-state index in [-0.39, 0.29) is 59.9 Å². The van der Waals surface area contributed by atoms with Crippen LogP contribution in [-0.4, -0.2) is 56.6 Å². The van der Waals surface area contributed by atoms with Crippen LogP contribution < -0.4 is 0 Å². The summed E-state index contributed by atoms with van der Waals surface area (Å²) in [7, 11) is 0. The number of hydrogen-bond donors (Lipinski definition) is 4. The van der Waals surface area contributed by atoms with E-state index in [1.807, 2.05) is 45.9 Å². The maximum Gasteiger partial charge on any atom is 0.346 e. The summed E-state index contributed by atoms with van der Waals surface area (Å²) in [6.45, 7) is 11.5. The Hall–Kier alpha value is -2.48.